The van der Waals surface area contributed by atoms with Gasteiger partial charge in [0.05, 0.1) is 12.2 Å². The van der Waals surface area contributed by atoms with Crippen LogP contribution in [-0.2, 0) is 13.0 Å². The fraction of sp³-hybridized carbons (Fsp3) is 0.292. The second-order valence-corrected chi connectivity index (χ2v) is 7.57. The summed E-state index contributed by atoms with van der Waals surface area (Å²) < 4.78 is 13.6. The lowest BCUT2D eigenvalue weighted by molar-refractivity contribution is 0.0733. The van der Waals surface area contributed by atoms with Crippen molar-refractivity contribution in [1.82, 2.24) is 14.9 Å². The minimum absolute atomic E-state index is 0.170. The molecule has 0 saturated heterocycles. The lowest BCUT2D eigenvalue weighted by atomic mass is 10.0. The van der Waals surface area contributed by atoms with Crippen molar-refractivity contribution in [1.29, 1.82) is 0 Å². The zero-order chi connectivity index (χ0) is 21.1. The predicted molar refractivity (Wildman–Crippen MR) is 116 cm³/mol. The monoisotopic (exact) mass is 404 g/mol. The quantitative estimate of drug-likeness (QED) is 0.635. The highest BCUT2D eigenvalue weighted by Gasteiger charge is 2.27. The van der Waals surface area contributed by atoms with Gasteiger partial charge in [0.1, 0.15) is 11.6 Å². The Hall–Kier alpha value is -3.28. The van der Waals surface area contributed by atoms with Crippen molar-refractivity contribution in [2.45, 2.75) is 26.3 Å². The molecule has 0 atom stereocenters. The second-order valence-electron chi connectivity index (χ2n) is 7.57. The molecule has 1 aliphatic rings. The van der Waals surface area contributed by atoms with Gasteiger partial charge in [-0.3, -0.25) is 4.79 Å². The van der Waals surface area contributed by atoms with E-state index in [-0.39, 0.29) is 5.91 Å². The molecule has 154 valence electrons. The van der Waals surface area contributed by atoms with E-state index in [1.165, 1.54) is 12.1 Å². The van der Waals surface area contributed by atoms with Crippen LogP contribution < -0.4 is 4.90 Å². The van der Waals surface area contributed by atoms with Crippen molar-refractivity contribution in [2.24, 2.45) is 0 Å². The van der Waals surface area contributed by atoms with E-state index in [0.29, 0.717) is 30.9 Å². The van der Waals surface area contributed by atoms with E-state index in [0.717, 1.165) is 35.6 Å². The van der Waals surface area contributed by atoms with Gasteiger partial charge in [0.25, 0.3) is 5.91 Å². The van der Waals surface area contributed by atoms with Gasteiger partial charge < -0.3 is 9.80 Å². The van der Waals surface area contributed by atoms with Crippen LogP contribution in [0.4, 0.5) is 10.2 Å². The number of rotatable bonds is 5. The Morgan fingerprint density at radius 1 is 1.13 bits per heavy atom. The normalized spacial score (nSPS) is 13.1. The van der Waals surface area contributed by atoms with Gasteiger partial charge in [-0.1, -0.05) is 43.3 Å². The fourth-order valence-electron chi connectivity index (χ4n) is 3.85. The molecular formula is C24H25FN4O. The third-order valence-corrected chi connectivity index (χ3v) is 5.35. The molecule has 0 fully saturated rings. The average molecular weight is 404 g/mol. The molecule has 1 aliphatic heterocycles. The highest BCUT2D eigenvalue weighted by Crippen LogP contribution is 2.30. The van der Waals surface area contributed by atoms with E-state index >= 15 is 0 Å². The van der Waals surface area contributed by atoms with E-state index in [2.05, 4.69) is 11.8 Å². The molecule has 1 aromatic heterocycles. The minimum atomic E-state index is -0.405. The number of amides is 1. The highest BCUT2D eigenvalue weighted by molar-refractivity contribution is 5.94. The zero-order valence-corrected chi connectivity index (χ0v) is 17.3. The maximum atomic E-state index is 13.6. The number of hydrogen-bond donors (Lipinski definition) is 0. The van der Waals surface area contributed by atoms with Gasteiger partial charge in [0.2, 0.25) is 0 Å². The first-order chi connectivity index (χ1) is 14.6. The molecule has 3 aromatic rings. The molecule has 6 heteroatoms. The molecule has 2 heterocycles. The van der Waals surface area contributed by atoms with Crippen LogP contribution in [0.1, 0.15) is 35.0 Å². The van der Waals surface area contributed by atoms with Crippen LogP contribution in [0.2, 0.25) is 0 Å². The summed E-state index contributed by atoms with van der Waals surface area (Å²) >= 11 is 0. The first-order valence-electron chi connectivity index (χ1n) is 10.3. The van der Waals surface area contributed by atoms with E-state index in [9.17, 15) is 9.18 Å². The summed E-state index contributed by atoms with van der Waals surface area (Å²) in [5.41, 5.74) is 3.29. The molecule has 0 unspecified atom stereocenters. The Balaban J connectivity index is 1.71. The largest absolute Gasteiger partial charge is 0.359 e. The van der Waals surface area contributed by atoms with Gasteiger partial charge in [0, 0.05) is 43.2 Å². The molecule has 0 saturated carbocycles. The van der Waals surface area contributed by atoms with Crippen LogP contribution in [0.3, 0.4) is 0 Å². The Morgan fingerprint density at radius 3 is 2.67 bits per heavy atom. The second kappa shape index (κ2) is 8.61. The summed E-state index contributed by atoms with van der Waals surface area (Å²) in [6, 6.07) is 15.8. The number of benzene rings is 2. The van der Waals surface area contributed by atoms with Crippen LogP contribution in [0, 0.1) is 5.82 Å². The number of halogens is 1. The summed E-state index contributed by atoms with van der Waals surface area (Å²) in [5.74, 6) is 0.989. The standard InChI is InChI=1S/C24H25FN4O/c1-3-13-28(2)23-20-16-29(24(30)18-10-7-11-19(25)15-18)14-12-21(20)26-22(27-23)17-8-5-4-6-9-17/h4-11,15H,3,12-14,16H2,1-2H3. The molecule has 0 radical (unpaired) electrons. The summed E-state index contributed by atoms with van der Waals surface area (Å²) in [7, 11) is 2.02. The highest BCUT2D eigenvalue weighted by atomic mass is 19.1. The predicted octanol–water partition coefficient (Wildman–Crippen LogP) is 4.33. The molecule has 1 amide bonds. The molecule has 30 heavy (non-hydrogen) atoms. The molecule has 5 nitrogen and oxygen atoms in total. The SMILES string of the molecule is CCCN(C)c1nc(-c2ccccc2)nc2c1CN(C(=O)c1cccc(F)c1)CC2. The van der Waals surface area contributed by atoms with Crippen LogP contribution in [0.15, 0.2) is 54.6 Å². The van der Waals surface area contributed by atoms with Crippen LogP contribution in [-0.4, -0.2) is 40.9 Å². The number of fused-ring (bicyclic) bond motifs is 1. The van der Waals surface area contributed by atoms with Crippen LogP contribution in [0.25, 0.3) is 11.4 Å². The average Bonchev–Trinajstić information content (AvgIpc) is 2.78. The van der Waals surface area contributed by atoms with Crippen LogP contribution >= 0.6 is 0 Å². The minimum Gasteiger partial charge on any atom is -0.359 e. The topological polar surface area (TPSA) is 49.3 Å². The van der Waals surface area contributed by atoms with E-state index in [4.69, 9.17) is 9.97 Å². The van der Waals surface area contributed by atoms with Gasteiger partial charge in [0.15, 0.2) is 5.82 Å². The number of nitrogens with zero attached hydrogens (tertiary/aromatic N) is 4. The van der Waals surface area contributed by atoms with Crippen molar-refractivity contribution in [3.05, 3.63) is 77.2 Å². The summed E-state index contributed by atoms with van der Waals surface area (Å²) in [6.45, 7) is 3.95. The first kappa shape index (κ1) is 20.0. The zero-order valence-electron chi connectivity index (χ0n) is 17.3. The molecule has 0 spiro atoms. The molecule has 0 N–H and O–H groups in total. The van der Waals surface area contributed by atoms with Crippen molar-refractivity contribution < 1.29 is 9.18 Å². The van der Waals surface area contributed by atoms with E-state index < -0.39 is 5.82 Å². The van der Waals surface area contributed by atoms with Gasteiger partial charge in [-0.05, 0) is 24.6 Å². The number of anilines is 1. The summed E-state index contributed by atoms with van der Waals surface area (Å²) in [6.07, 6.45) is 1.63. The van der Waals surface area contributed by atoms with Gasteiger partial charge in [-0.25, -0.2) is 14.4 Å². The smallest absolute Gasteiger partial charge is 0.254 e. The van der Waals surface area contributed by atoms with Crippen molar-refractivity contribution in [3.63, 3.8) is 0 Å². The summed E-state index contributed by atoms with van der Waals surface area (Å²) in [4.78, 5) is 26.5. The van der Waals surface area contributed by atoms with Crippen molar-refractivity contribution in [3.8, 4) is 11.4 Å². The van der Waals surface area contributed by atoms with Gasteiger partial charge >= 0.3 is 0 Å². The Bertz CT molecular complexity index is 1050. The Kier molecular flexibility index (Phi) is 5.74. The maximum absolute atomic E-state index is 13.6. The third-order valence-electron chi connectivity index (χ3n) is 5.35. The Morgan fingerprint density at radius 2 is 1.93 bits per heavy atom. The molecule has 0 aliphatic carbocycles. The number of hydrogen-bond acceptors (Lipinski definition) is 4. The molecular weight excluding hydrogens is 379 g/mol. The number of carbonyl (C=O) groups excluding carboxylic acids is 1. The Labute approximate surface area is 176 Å². The van der Waals surface area contributed by atoms with Gasteiger partial charge in [-0.15, -0.1) is 0 Å². The van der Waals surface area contributed by atoms with Gasteiger partial charge in [-0.2, -0.15) is 0 Å². The van der Waals surface area contributed by atoms with Crippen molar-refractivity contribution >= 4 is 11.7 Å². The third kappa shape index (κ3) is 4.03. The van der Waals surface area contributed by atoms with Crippen LogP contribution in [0.5, 0.6) is 0 Å². The maximum Gasteiger partial charge on any atom is 0.254 e. The summed E-state index contributed by atoms with van der Waals surface area (Å²) in [5, 5.41) is 0. The molecule has 4 rings (SSSR count). The van der Waals surface area contributed by atoms with Crippen molar-refractivity contribution in [2.75, 3.05) is 25.0 Å². The lowest BCUT2D eigenvalue weighted by Gasteiger charge is -2.32. The number of aromatic nitrogens is 2. The fourth-order valence-corrected chi connectivity index (χ4v) is 3.85. The van der Waals surface area contributed by atoms with E-state index in [1.54, 1.807) is 17.0 Å². The lowest BCUT2D eigenvalue weighted by Crippen LogP contribution is -2.38. The first-order valence-corrected chi connectivity index (χ1v) is 10.3. The number of carbonyl (C=O) groups is 1. The molecule has 2 aromatic carbocycles. The molecule has 0 bridgehead atoms. The van der Waals surface area contributed by atoms with E-state index in [1.807, 2.05) is 37.4 Å².